The van der Waals surface area contributed by atoms with Gasteiger partial charge in [0.15, 0.2) is 11.7 Å². The first-order chi connectivity index (χ1) is 13.3. The Morgan fingerprint density at radius 2 is 2.00 bits per heavy atom. The van der Waals surface area contributed by atoms with Crippen LogP contribution in [0.5, 0.6) is 5.75 Å². The van der Waals surface area contributed by atoms with Crippen molar-refractivity contribution < 1.29 is 22.6 Å². The van der Waals surface area contributed by atoms with Crippen LogP contribution < -0.4 is 26.4 Å². The highest BCUT2D eigenvalue weighted by Crippen LogP contribution is 2.38. The molecule has 2 aliphatic rings. The quantitative estimate of drug-likeness (QED) is 0.610. The summed E-state index contributed by atoms with van der Waals surface area (Å²) >= 11 is 0. The number of fused-ring (bicyclic) bond motifs is 1. The van der Waals surface area contributed by atoms with E-state index in [1.54, 1.807) is 6.07 Å². The molecule has 1 atom stereocenters. The summed E-state index contributed by atoms with van der Waals surface area (Å²) in [4.78, 5) is 12.9. The van der Waals surface area contributed by atoms with E-state index in [1.807, 2.05) is 4.90 Å². The molecule has 3 heterocycles. The minimum absolute atomic E-state index is 0.0176. The first kappa shape index (κ1) is 18.4. The van der Waals surface area contributed by atoms with Crippen LogP contribution in [0.15, 0.2) is 29.5 Å². The Balaban J connectivity index is 1.76. The molecule has 150 valence electrons. The Morgan fingerprint density at radius 1 is 1.25 bits per heavy atom. The maximum Gasteiger partial charge on any atom is 0.573 e. The first-order valence-corrected chi connectivity index (χ1v) is 8.44. The molecule has 1 aromatic carbocycles. The van der Waals surface area contributed by atoms with E-state index in [0.717, 1.165) is 0 Å². The van der Waals surface area contributed by atoms with E-state index in [2.05, 4.69) is 25.0 Å². The number of rotatable bonds is 3. The third-order valence-electron chi connectivity index (χ3n) is 4.48. The van der Waals surface area contributed by atoms with E-state index in [-0.39, 0.29) is 17.2 Å². The van der Waals surface area contributed by atoms with Gasteiger partial charge in [0.05, 0.1) is 25.1 Å². The van der Waals surface area contributed by atoms with Gasteiger partial charge in [0.2, 0.25) is 5.79 Å². The number of H-pyrrole nitrogens is 1. The van der Waals surface area contributed by atoms with Crippen molar-refractivity contribution in [3.8, 4) is 5.75 Å². The topological polar surface area (TPSA) is 127 Å². The van der Waals surface area contributed by atoms with Gasteiger partial charge in [-0.2, -0.15) is 0 Å². The molecule has 28 heavy (non-hydrogen) atoms. The van der Waals surface area contributed by atoms with E-state index in [1.165, 1.54) is 18.5 Å². The molecule has 4 rings (SSSR count). The number of anilines is 2. The number of nitrogens with zero attached hydrogens (tertiary/aromatic N) is 3. The molecule has 2 aromatic rings. The number of morpholine rings is 1. The highest BCUT2D eigenvalue weighted by atomic mass is 19.4. The Morgan fingerprint density at radius 3 is 2.71 bits per heavy atom. The van der Waals surface area contributed by atoms with Crippen molar-refractivity contribution in [3.05, 3.63) is 35.8 Å². The highest BCUT2D eigenvalue weighted by molar-refractivity contribution is 6.01. The van der Waals surface area contributed by atoms with Crippen LogP contribution in [0, 0.1) is 0 Å². The molecular formula is C16H18F3N7O2. The predicted molar refractivity (Wildman–Crippen MR) is 95.0 cm³/mol. The van der Waals surface area contributed by atoms with Gasteiger partial charge in [0, 0.05) is 24.8 Å². The summed E-state index contributed by atoms with van der Waals surface area (Å²) in [6.45, 7) is 2.09. The summed E-state index contributed by atoms with van der Waals surface area (Å²) in [7, 11) is 0. The maximum absolute atomic E-state index is 13.1. The Bertz CT molecular complexity index is 908. The van der Waals surface area contributed by atoms with E-state index in [4.69, 9.17) is 16.2 Å². The summed E-state index contributed by atoms with van der Waals surface area (Å²) in [5.74, 6) is -1.95. The molecule has 1 aromatic heterocycles. The van der Waals surface area contributed by atoms with Gasteiger partial charge in [-0.15, -0.1) is 13.2 Å². The van der Waals surface area contributed by atoms with Gasteiger partial charge >= 0.3 is 6.36 Å². The third kappa shape index (κ3) is 3.43. The van der Waals surface area contributed by atoms with Crippen molar-refractivity contribution in [2.75, 3.05) is 36.5 Å². The second kappa shape index (κ2) is 6.56. The minimum atomic E-state index is -4.91. The highest BCUT2D eigenvalue weighted by Gasteiger charge is 2.40. The van der Waals surface area contributed by atoms with Crippen molar-refractivity contribution in [2.45, 2.75) is 12.1 Å². The van der Waals surface area contributed by atoms with Gasteiger partial charge in [-0.3, -0.25) is 5.73 Å². The zero-order valence-corrected chi connectivity index (χ0v) is 14.6. The number of hydrogen-bond acceptors (Lipinski definition) is 8. The molecule has 1 unspecified atom stereocenters. The van der Waals surface area contributed by atoms with E-state index >= 15 is 0 Å². The zero-order valence-electron chi connectivity index (χ0n) is 14.6. The van der Waals surface area contributed by atoms with Gasteiger partial charge in [-0.25, -0.2) is 9.98 Å². The number of nitrogens with one attached hydrogen (secondary N) is 2. The molecule has 1 saturated heterocycles. The average Bonchev–Trinajstić information content (AvgIpc) is 3.09. The van der Waals surface area contributed by atoms with Crippen LogP contribution in [0.4, 0.5) is 24.7 Å². The smallest absolute Gasteiger partial charge is 0.405 e. The lowest BCUT2D eigenvalue weighted by Crippen LogP contribution is -2.48. The number of nitrogens with two attached hydrogens (primary N) is 2. The zero-order chi connectivity index (χ0) is 19.9. The fourth-order valence-electron chi connectivity index (χ4n) is 3.22. The summed E-state index contributed by atoms with van der Waals surface area (Å²) in [5.41, 5.74) is 13.1. The molecule has 2 aliphatic heterocycles. The number of hydrogen-bond donors (Lipinski definition) is 4. The van der Waals surface area contributed by atoms with Gasteiger partial charge in [0.25, 0.3) is 0 Å². The molecule has 12 heteroatoms. The average molecular weight is 397 g/mol. The monoisotopic (exact) mass is 397 g/mol. The van der Waals surface area contributed by atoms with Crippen LogP contribution in [0.25, 0.3) is 0 Å². The lowest BCUT2D eigenvalue weighted by molar-refractivity contribution is -0.275. The number of aliphatic imine (C=N–C) groups is 1. The van der Waals surface area contributed by atoms with Crippen molar-refractivity contribution in [2.24, 2.45) is 16.5 Å². The van der Waals surface area contributed by atoms with Crippen LogP contribution in [0.2, 0.25) is 0 Å². The number of benzene rings is 1. The summed E-state index contributed by atoms with van der Waals surface area (Å²) in [5, 5.41) is 2.81. The van der Waals surface area contributed by atoms with Crippen LogP contribution in [0.3, 0.4) is 0 Å². The van der Waals surface area contributed by atoms with Gasteiger partial charge in [-0.1, -0.05) is 0 Å². The number of aromatic amines is 1. The molecule has 9 nitrogen and oxygen atoms in total. The summed E-state index contributed by atoms with van der Waals surface area (Å²) in [6.07, 6.45) is -3.53. The van der Waals surface area contributed by atoms with Gasteiger partial charge in [0.1, 0.15) is 11.4 Å². The fraction of sp³-hybridized carbons (Fsp3) is 0.375. The SMILES string of the molecule is NC1=NC(N)(c2ccc(N3CCOCC3)cc2OC(F)(F)F)Nc2nc[nH]c21. The van der Waals surface area contributed by atoms with E-state index < -0.39 is 17.9 Å². The maximum atomic E-state index is 13.1. The third-order valence-corrected chi connectivity index (χ3v) is 4.48. The van der Waals surface area contributed by atoms with E-state index in [9.17, 15) is 13.2 Å². The molecule has 6 N–H and O–H groups in total. The number of halogens is 3. The van der Waals surface area contributed by atoms with Crippen LogP contribution in [0.1, 0.15) is 11.3 Å². The molecule has 0 aliphatic carbocycles. The van der Waals surface area contributed by atoms with Gasteiger partial charge in [-0.05, 0) is 12.1 Å². The first-order valence-electron chi connectivity index (χ1n) is 8.44. The van der Waals surface area contributed by atoms with Crippen LogP contribution in [-0.2, 0) is 10.5 Å². The Kier molecular flexibility index (Phi) is 4.31. The number of amidine groups is 1. The van der Waals surface area contributed by atoms with Crippen molar-refractivity contribution in [3.63, 3.8) is 0 Å². The number of aromatic nitrogens is 2. The second-order valence-corrected chi connectivity index (χ2v) is 6.34. The van der Waals surface area contributed by atoms with Gasteiger partial charge < -0.3 is 30.4 Å². The number of imidazole rings is 1. The molecule has 1 fully saturated rings. The van der Waals surface area contributed by atoms with E-state index in [0.29, 0.717) is 37.7 Å². The van der Waals surface area contributed by atoms with Crippen molar-refractivity contribution >= 4 is 17.3 Å². The minimum Gasteiger partial charge on any atom is -0.405 e. The molecule has 0 amide bonds. The number of alkyl halides is 3. The molecule has 0 saturated carbocycles. The van der Waals surface area contributed by atoms with Crippen molar-refractivity contribution in [1.29, 1.82) is 0 Å². The normalized spacial score (nSPS) is 22.3. The summed E-state index contributed by atoms with van der Waals surface area (Å²) < 4.78 is 48.7. The largest absolute Gasteiger partial charge is 0.573 e. The second-order valence-electron chi connectivity index (χ2n) is 6.34. The summed E-state index contributed by atoms with van der Waals surface area (Å²) in [6, 6.07) is 4.38. The Hall–Kier alpha value is -2.99. The van der Waals surface area contributed by atoms with Crippen LogP contribution in [-0.4, -0.2) is 48.5 Å². The standard InChI is InChI=1S/C16H18F3N7O2/c17-16(18,19)28-11-7-9(26-3-5-27-6-4-26)1-2-10(11)15(21)24-13(20)12-14(25-15)23-8-22-12/h1-2,7-8,25H,3-6,21H2,(H2,20,24)(H,22,23). The number of ether oxygens (including phenoxy) is 2. The van der Waals surface area contributed by atoms with Crippen molar-refractivity contribution in [1.82, 2.24) is 9.97 Å². The Labute approximate surface area is 157 Å². The fourth-order valence-corrected chi connectivity index (χ4v) is 3.22. The molecule has 0 radical (unpaired) electrons. The predicted octanol–water partition coefficient (Wildman–Crippen LogP) is 1.04. The molecule has 0 spiro atoms. The lowest BCUT2D eigenvalue weighted by atomic mass is 10.0. The lowest BCUT2D eigenvalue weighted by Gasteiger charge is -2.34. The van der Waals surface area contributed by atoms with Crippen LogP contribution >= 0.6 is 0 Å². The molecular weight excluding hydrogens is 379 g/mol. The molecule has 0 bridgehead atoms.